The SMILES string of the molecule is CC(C)OC1CCC2(C)C(C1)CC(O)C1C2CCC2(C)C(C(C)CCC(=O)OCOP(=O)(O)O)CCC12. The number of hydrogen-bond donors (Lipinski definition) is 3. The molecule has 8 nitrogen and oxygen atoms in total. The highest BCUT2D eigenvalue weighted by molar-refractivity contribution is 7.46. The topological polar surface area (TPSA) is 123 Å². The fourth-order valence-corrected chi connectivity index (χ4v) is 9.64. The first kappa shape index (κ1) is 29.5. The van der Waals surface area contributed by atoms with E-state index in [1.54, 1.807) is 0 Å². The van der Waals surface area contributed by atoms with Gasteiger partial charge in [0.1, 0.15) is 0 Å². The van der Waals surface area contributed by atoms with Gasteiger partial charge in [0.25, 0.3) is 0 Å². The minimum Gasteiger partial charge on any atom is -0.438 e. The molecule has 4 aliphatic rings. The van der Waals surface area contributed by atoms with E-state index in [4.69, 9.17) is 19.3 Å². The Morgan fingerprint density at radius 3 is 2.35 bits per heavy atom. The van der Waals surface area contributed by atoms with Gasteiger partial charge in [-0.15, -0.1) is 0 Å². The quantitative estimate of drug-likeness (QED) is 0.199. The maximum absolute atomic E-state index is 12.1. The van der Waals surface area contributed by atoms with Gasteiger partial charge in [0.15, 0.2) is 0 Å². The van der Waals surface area contributed by atoms with Crippen LogP contribution < -0.4 is 0 Å². The van der Waals surface area contributed by atoms with E-state index in [1.807, 2.05) is 0 Å². The van der Waals surface area contributed by atoms with Crippen LogP contribution >= 0.6 is 7.82 Å². The molecule has 4 rings (SSSR count). The molecule has 0 aliphatic heterocycles. The summed E-state index contributed by atoms with van der Waals surface area (Å²) in [6, 6.07) is 0. The molecule has 0 radical (unpaired) electrons. The number of phosphoric ester groups is 1. The number of phosphoric acid groups is 1. The monoisotopic (exact) mass is 544 g/mol. The van der Waals surface area contributed by atoms with E-state index in [1.165, 1.54) is 19.3 Å². The first-order valence-electron chi connectivity index (χ1n) is 14.4. The minimum atomic E-state index is -4.65. The summed E-state index contributed by atoms with van der Waals surface area (Å²) < 4.78 is 26.0. The number of carbonyl (C=O) groups is 1. The van der Waals surface area contributed by atoms with Crippen LogP contribution in [0.2, 0.25) is 0 Å². The molecule has 4 fully saturated rings. The number of aliphatic hydroxyl groups is 1. The van der Waals surface area contributed by atoms with Gasteiger partial charge in [-0.05, 0) is 118 Å². The van der Waals surface area contributed by atoms with E-state index in [-0.39, 0.29) is 29.5 Å². The molecule has 10 atom stereocenters. The van der Waals surface area contributed by atoms with Gasteiger partial charge in [-0.25, -0.2) is 9.09 Å². The molecule has 214 valence electrons. The second-order valence-corrected chi connectivity index (χ2v) is 14.6. The number of ether oxygens (including phenoxy) is 2. The highest BCUT2D eigenvalue weighted by atomic mass is 31.2. The fourth-order valence-electron chi connectivity index (χ4n) is 9.45. The molecular formula is C28H49O8P. The van der Waals surface area contributed by atoms with E-state index in [9.17, 15) is 14.5 Å². The molecule has 0 spiro atoms. The van der Waals surface area contributed by atoms with Gasteiger partial charge < -0.3 is 24.4 Å². The van der Waals surface area contributed by atoms with Crippen LogP contribution in [0.4, 0.5) is 0 Å². The number of esters is 1. The first-order chi connectivity index (χ1) is 17.2. The standard InChI is InChI=1S/C28H49O8P/c1-17(2)36-20-10-12-27(4)19(14-20)15-24(29)26-22-8-7-21(28(22,5)13-11-23(26)27)18(3)6-9-25(30)34-16-35-37(31,32)33/h17-24,26,29H,6-16H2,1-5H3,(H2,31,32,33). The Bertz CT molecular complexity index is 859. The summed E-state index contributed by atoms with van der Waals surface area (Å²) in [7, 11) is -4.65. The highest BCUT2D eigenvalue weighted by Gasteiger charge is 2.63. The molecule has 0 amide bonds. The normalized spacial score (nSPS) is 42.6. The predicted molar refractivity (Wildman–Crippen MR) is 139 cm³/mol. The van der Waals surface area contributed by atoms with Crippen molar-refractivity contribution in [3.05, 3.63) is 0 Å². The largest absolute Gasteiger partial charge is 0.472 e. The first-order valence-corrected chi connectivity index (χ1v) is 16.0. The van der Waals surface area contributed by atoms with Crippen molar-refractivity contribution in [2.24, 2.45) is 46.3 Å². The number of fused-ring (bicyclic) bond motifs is 5. The molecule has 9 heteroatoms. The summed E-state index contributed by atoms with van der Waals surface area (Å²) in [6.07, 6.45) is 10.1. The molecule has 10 unspecified atom stereocenters. The van der Waals surface area contributed by atoms with Crippen molar-refractivity contribution in [1.82, 2.24) is 0 Å². The van der Waals surface area contributed by atoms with Gasteiger partial charge in [0.2, 0.25) is 6.79 Å². The summed E-state index contributed by atoms with van der Waals surface area (Å²) in [5.74, 6) is 2.29. The second kappa shape index (κ2) is 11.2. The molecule has 0 saturated heterocycles. The van der Waals surface area contributed by atoms with Crippen molar-refractivity contribution in [3.8, 4) is 0 Å². The molecule has 0 bridgehead atoms. The van der Waals surface area contributed by atoms with E-state index in [0.29, 0.717) is 48.0 Å². The zero-order valence-electron chi connectivity index (χ0n) is 23.3. The van der Waals surface area contributed by atoms with Crippen molar-refractivity contribution in [2.75, 3.05) is 6.79 Å². The van der Waals surface area contributed by atoms with E-state index in [2.05, 4.69) is 39.1 Å². The van der Waals surface area contributed by atoms with Gasteiger partial charge >= 0.3 is 13.8 Å². The van der Waals surface area contributed by atoms with Crippen LogP contribution in [-0.4, -0.2) is 46.0 Å². The van der Waals surface area contributed by atoms with Crippen molar-refractivity contribution >= 4 is 13.8 Å². The van der Waals surface area contributed by atoms with E-state index in [0.717, 1.165) is 32.1 Å². The Labute approximate surface area is 222 Å². The van der Waals surface area contributed by atoms with Crippen LogP contribution in [0.25, 0.3) is 0 Å². The van der Waals surface area contributed by atoms with Crippen LogP contribution in [0.5, 0.6) is 0 Å². The zero-order chi connectivity index (χ0) is 27.2. The lowest BCUT2D eigenvalue weighted by atomic mass is 9.43. The van der Waals surface area contributed by atoms with Crippen molar-refractivity contribution in [2.45, 2.75) is 117 Å². The molecular weight excluding hydrogens is 495 g/mol. The molecule has 4 saturated carbocycles. The Morgan fingerprint density at radius 1 is 1.00 bits per heavy atom. The highest BCUT2D eigenvalue weighted by Crippen LogP contribution is 2.68. The van der Waals surface area contributed by atoms with E-state index >= 15 is 0 Å². The van der Waals surface area contributed by atoms with Crippen LogP contribution in [0, 0.1) is 46.3 Å². The molecule has 3 N–H and O–H groups in total. The predicted octanol–water partition coefficient (Wildman–Crippen LogP) is 5.44. The Kier molecular flexibility index (Phi) is 8.90. The smallest absolute Gasteiger partial charge is 0.438 e. The Morgan fingerprint density at radius 2 is 1.68 bits per heavy atom. The summed E-state index contributed by atoms with van der Waals surface area (Å²) in [5.41, 5.74) is 0.445. The van der Waals surface area contributed by atoms with Gasteiger partial charge in [-0.2, -0.15) is 0 Å². The van der Waals surface area contributed by atoms with Crippen LogP contribution in [-0.2, 0) is 23.4 Å². The average Bonchev–Trinajstić information content (AvgIpc) is 3.14. The molecule has 0 aromatic heterocycles. The minimum absolute atomic E-state index is 0.163. The maximum Gasteiger partial charge on any atom is 0.472 e. The average molecular weight is 545 g/mol. The van der Waals surface area contributed by atoms with Crippen LogP contribution in [0.1, 0.15) is 98.8 Å². The van der Waals surface area contributed by atoms with Crippen molar-refractivity contribution < 1.29 is 38.3 Å². The Hall–Kier alpha value is -0.500. The van der Waals surface area contributed by atoms with Gasteiger partial charge in [-0.1, -0.05) is 20.8 Å². The van der Waals surface area contributed by atoms with Crippen LogP contribution in [0.15, 0.2) is 0 Å². The number of carbonyl (C=O) groups excluding carboxylic acids is 1. The summed E-state index contributed by atoms with van der Waals surface area (Å²) >= 11 is 0. The maximum atomic E-state index is 12.1. The number of aliphatic hydroxyl groups excluding tert-OH is 1. The Balaban J connectivity index is 1.38. The van der Waals surface area contributed by atoms with Crippen molar-refractivity contribution in [1.29, 1.82) is 0 Å². The summed E-state index contributed by atoms with van der Waals surface area (Å²) in [6.45, 7) is 10.7. The van der Waals surface area contributed by atoms with Gasteiger partial charge in [-0.3, -0.25) is 4.79 Å². The van der Waals surface area contributed by atoms with Crippen LogP contribution in [0.3, 0.4) is 0 Å². The van der Waals surface area contributed by atoms with Gasteiger partial charge in [0, 0.05) is 6.42 Å². The third kappa shape index (κ3) is 6.15. The molecule has 0 heterocycles. The number of rotatable bonds is 9. The molecule has 0 aromatic carbocycles. The molecule has 37 heavy (non-hydrogen) atoms. The second-order valence-electron chi connectivity index (χ2n) is 13.4. The molecule has 0 aromatic rings. The lowest BCUT2D eigenvalue weighted by molar-refractivity contribution is -0.181. The number of hydrogen-bond acceptors (Lipinski definition) is 6. The zero-order valence-corrected chi connectivity index (χ0v) is 24.2. The van der Waals surface area contributed by atoms with Gasteiger partial charge in [0.05, 0.1) is 18.3 Å². The molecule has 4 aliphatic carbocycles. The van der Waals surface area contributed by atoms with E-state index < -0.39 is 20.6 Å². The summed E-state index contributed by atoms with van der Waals surface area (Å²) in [5, 5.41) is 11.6. The fraction of sp³-hybridized carbons (Fsp3) is 0.964. The van der Waals surface area contributed by atoms with Crippen molar-refractivity contribution in [3.63, 3.8) is 0 Å². The summed E-state index contributed by atoms with van der Waals surface area (Å²) in [4.78, 5) is 29.6. The lowest BCUT2D eigenvalue weighted by Crippen LogP contribution is -2.58. The third-order valence-electron chi connectivity index (χ3n) is 11.1. The third-order valence-corrected chi connectivity index (χ3v) is 11.5. The lowest BCUT2D eigenvalue weighted by Gasteiger charge is -2.62.